The molecular weight excluding hydrogens is 360 g/mol. The number of nitrogens with one attached hydrogen (secondary N) is 1. The van der Waals surface area contributed by atoms with E-state index >= 15 is 0 Å². The van der Waals surface area contributed by atoms with Gasteiger partial charge < -0.3 is 20.3 Å². The average molecular weight is 388 g/mol. The van der Waals surface area contributed by atoms with E-state index in [1.54, 1.807) is 4.90 Å². The summed E-state index contributed by atoms with van der Waals surface area (Å²) >= 11 is 1.50. The van der Waals surface area contributed by atoms with Crippen molar-refractivity contribution in [2.75, 3.05) is 25.2 Å². The molecule has 0 aromatic rings. The Morgan fingerprint density at radius 2 is 2.19 bits per heavy atom. The van der Waals surface area contributed by atoms with Crippen molar-refractivity contribution in [3.63, 3.8) is 0 Å². The first-order chi connectivity index (χ1) is 12.3. The fraction of sp³-hybridized carbons (Fsp3) is 0.824. The molecule has 1 saturated heterocycles. The summed E-state index contributed by atoms with van der Waals surface area (Å²) in [7, 11) is 1.30. The third kappa shape index (κ3) is 5.18. The molecule has 2 fully saturated rings. The predicted molar refractivity (Wildman–Crippen MR) is 96.2 cm³/mol. The van der Waals surface area contributed by atoms with E-state index in [2.05, 4.69) is 5.32 Å². The van der Waals surface area contributed by atoms with Crippen molar-refractivity contribution in [3.8, 4) is 0 Å². The Morgan fingerprint density at radius 1 is 1.46 bits per heavy atom. The Bertz CT molecular complexity index is 545. The quantitative estimate of drug-likeness (QED) is 0.299. The van der Waals surface area contributed by atoms with Gasteiger partial charge in [0.05, 0.1) is 13.2 Å². The number of carbonyl (C=O) groups is 3. The van der Waals surface area contributed by atoms with Crippen LogP contribution in [0.25, 0.3) is 0 Å². The molecule has 26 heavy (non-hydrogen) atoms. The average Bonchev–Trinajstić information content (AvgIpc) is 3.17. The first-order valence-corrected chi connectivity index (χ1v) is 10.1. The molecule has 0 unspecified atom stereocenters. The Morgan fingerprint density at radius 3 is 2.77 bits per heavy atom. The molecule has 0 radical (unpaired) electrons. The third-order valence-corrected chi connectivity index (χ3v) is 6.07. The molecule has 3 N–H and O–H groups in total. The van der Waals surface area contributed by atoms with Crippen molar-refractivity contribution >= 4 is 29.4 Å². The molecule has 1 aliphatic heterocycles. The number of ketones is 1. The molecule has 8 nitrogen and oxygen atoms in total. The van der Waals surface area contributed by atoms with E-state index in [-0.39, 0.29) is 30.4 Å². The van der Waals surface area contributed by atoms with Crippen molar-refractivity contribution in [1.29, 1.82) is 0 Å². The highest BCUT2D eigenvalue weighted by Crippen LogP contribution is 2.30. The van der Waals surface area contributed by atoms with Gasteiger partial charge in [-0.1, -0.05) is 0 Å². The lowest BCUT2D eigenvalue weighted by atomic mass is 10.1. The molecule has 0 aromatic carbocycles. The normalized spacial score (nSPS) is 28.8. The maximum atomic E-state index is 12.0. The number of aliphatic hydroxyl groups is 2. The number of amides is 1. The fourth-order valence-electron chi connectivity index (χ4n) is 3.69. The zero-order valence-electron chi connectivity index (χ0n) is 15.3. The van der Waals surface area contributed by atoms with Gasteiger partial charge in [-0.2, -0.15) is 11.8 Å². The Kier molecular flexibility index (Phi) is 7.45. The number of hydrogen-bond acceptors (Lipinski definition) is 8. The van der Waals surface area contributed by atoms with Gasteiger partial charge in [-0.05, 0) is 25.0 Å². The number of nitrogens with zero attached hydrogens (tertiary/aromatic N) is 1. The zero-order chi connectivity index (χ0) is 19.3. The fourth-order valence-corrected chi connectivity index (χ4v) is 4.90. The Balaban J connectivity index is 1.94. The molecule has 2 rings (SSSR count). The van der Waals surface area contributed by atoms with Crippen LogP contribution in [-0.4, -0.2) is 75.9 Å². The second kappa shape index (κ2) is 9.16. The maximum absolute atomic E-state index is 12.0. The molecule has 1 amide bonds. The molecule has 0 aromatic heterocycles. The monoisotopic (exact) mass is 388 g/mol. The highest BCUT2D eigenvalue weighted by Gasteiger charge is 2.45. The van der Waals surface area contributed by atoms with Crippen LogP contribution in [0.4, 0.5) is 0 Å². The van der Waals surface area contributed by atoms with Gasteiger partial charge in [0.1, 0.15) is 11.8 Å². The Labute approximate surface area is 157 Å². The molecule has 148 valence electrons. The van der Waals surface area contributed by atoms with E-state index in [4.69, 9.17) is 4.74 Å². The SMILES string of the molecule is COC(=O)[C@@H]1CCCN1[C@@](O)(CCSC[C@H]1C[C@H](O)CC1=O)NC(C)=O. The van der Waals surface area contributed by atoms with Gasteiger partial charge in [0.2, 0.25) is 5.91 Å². The first kappa shape index (κ1) is 21.1. The number of aliphatic hydroxyl groups excluding tert-OH is 1. The number of carbonyl (C=O) groups excluding carboxylic acids is 3. The van der Waals surface area contributed by atoms with Gasteiger partial charge >= 0.3 is 5.97 Å². The van der Waals surface area contributed by atoms with Crippen LogP contribution in [0.2, 0.25) is 0 Å². The number of hydrogen-bond donors (Lipinski definition) is 3. The van der Waals surface area contributed by atoms with Crippen molar-refractivity contribution in [2.24, 2.45) is 5.92 Å². The molecule has 1 saturated carbocycles. The van der Waals surface area contributed by atoms with Gasteiger partial charge in [-0.25, -0.2) is 4.90 Å². The minimum absolute atomic E-state index is 0.0763. The van der Waals surface area contributed by atoms with E-state index in [1.165, 1.54) is 25.8 Å². The predicted octanol–water partition coefficient (Wildman–Crippen LogP) is -0.131. The number of esters is 1. The summed E-state index contributed by atoms with van der Waals surface area (Å²) in [6.07, 6.45) is 1.66. The van der Waals surface area contributed by atoms with Crippen LogP contribution in [0.3, 0.4) is 0 Å². The van der Waals surface area contributed by atoms with E-state index in [0.717, 1.165) is 6.42 Å². The molecule has 1 aliphatic carbocycles. The standard InChI is InChI=1S/C17H28N2O6S/c1-11(20)18-17(24,19-6-3-4-14(19)16(23)25-2)5-7-26-10-12-8-13(21)9-15(12)22/h12-14,21,24H,3-10H2,1-2H3,(H,18,20)/t12-,13+,14+,17-/m1/s1. The second-order valence-electron chi connectivity index (χ2n) is 6.95. The van der Waals surface area contributed by atoms with Gasteiger partial charge in [0, 0.05) is 38.0 Å². The lowest BCUT2D eigenvalue weighted by molar-refractivity contribution is -0.174. The molecule has 0 spiro atoms. The summed E-state index contributed by atoms with van der Waals surface area (Å²) in [6.45, 7) is 1.80. The summed E-state index contributed by atoms with van der Waals surface area (Å²) in [5.74, 6) is -1.45. The number of ether oxygens (including phenoxy) is 1. The van der Waals surface area contributed by atoms with E-state index in [0.29, 0.717) is 30.9 Å². The molecule has 1 heterocycles. The van der Waals surface area contributed by atoms with Gasteiger partial charge in [0.25, 0.3) is 0 Å². The number of likely N-dealkylation sites (tertiary alicyclic amines) is 1. The first-order valence-electron chi connectivity index (χ1n) is 8.91. The summed E-state index contributed by atoms with van der Waals surface area (Å²) < 4.78 is 4.81. The van der Waals surface area contributed by atoms with Gasteiger partial charge in [-0.15, -0.1) is 0 Å². The largest absolute Gasteiger partial charge is 0.468 e. The van der Waals surface area contributed by atoms with Gasteiger partial charge in [-0.3, -0.25) is 14.4 Å². The van der Waals surface area contributed by atoms with Crippen molar-refractivity contribution < 1.29 is 29.3 Å². The molecule has 0 bridgehead atoms. The van der Waals surface area contributed by atoms with Crippen LogP contribution in [0.15, 0.2) is 0 Å². The second-order valence-corrected chi connectivity index (χ2v) is 8.10. The number of rotatable bonds is 8. The Hall–Kier alpha value is -1.16. The molecular formula is C17H28N2O6S. The molecule has 2 aliphatic rings. The lowest BCUT2D eigenvalue weighted by Gasteiger charge is -2.40. The van der Waals surface area contributed by atoms with Gasteiger partial charge in [0.15, 0.2) is 5.85 Å². The summed E-state index contributed by atoms with van der Waals surface area (Å²) in [5, 5.41) is 23.1. The minimum atomic E-state index is -1.63. The highest BCUT2D eigenvalue weighted by molar-refractivity contribution is 7.99. The smallest absolute Gasteiger partial charge is 0.323 e. The highest BCUT2D eigenvalue weighted by atomic mass is 32.2. The molecule has 4 atom stereocenters. The van der Waals surface area contributed by atoms with Crippen LogP contribution in [0.1, 0.15) is 39.0 Å². The van der Waals surface area contributed by atoms with Crippen molar-refractivity contribution in [1.82, 2.24) is 10.2 Å². The lowest BCUT2D eigenvalue weighted by Crippen LogP contribution is -2.63. The zero-order valence-corrected chi connectivity index (χ0v) is 16.1. The van der Waals surface area contributed by atoms with Crippen molar-refractivity contribution in [2.45, 2.75) is 57.0 Å². The molecule has 9 heteroatoms. The summed E-state index contributed by atoms with van der Waals surface area (Å²) in [5.41, 5.74) is 0. The number of methoxy groups -OCH3 is 1. The summed E-state index contributed by atoms with van der Waals surface area (Å²) in [4.78, 5) is 36.9. The van der Waals surface area contributed by atoms with Crippen LogP contribution < -0.4 is 5.32 Å². The number of Topliss-reactive ketones (excluding diaryl/α,β-unsaturated/α-hetero) is 1. The number of thioether (sulfide) groups is 1. The maximum Gasteiger partial charge on any atom is 0.323 e. The van der Waals surface area contributed by atoms with E-state index in [9.17, 15) is 24.6 Å². The van der Waals surface area contributed by atoms with Crippen molar-refractivity contribution in [3.05, 3.63) is 0 Å². The third-order valence-electron chi connectivity index (χ3n) is 4.94. The van der Waals surface area contributed by atoms with E-state index in [1.807, 2.05) is 0 Å². The topological polar surface area (TPSA) is 116 Å². The van der Waals surface area contributed by atoms with Crippen LogP contribution >= 0.6 is 11.8 Å². The van der Waals surface area contributed by atoms with Crippen LogP contribution in [0.5, 0.6) is 0 Å². The minimum Gasteiger partial charge on any atom is -0.468 e. The summed E-state index contributed by atoms with van der Waals surface area (Å²) in [6, 6.07) is -0.589. The van der Waals surface area contributed by atoms with Crippen LogP contribution in [-0.2, 0) is 19.1 Å². The van der Waals surface area contributed by atoms with E-state index < -0.39 is 24.0 Å². The van der Waals surface area contributed by atoms with Crippen LogP contribution in [0, 0.1) is 5.92 Å².